The molecule has 0 aliphatic heterocycles. The maximum absolute atomic E-state index is 11.5. The summed E-state index contributed by atoms with van der Waals surface area (Å²) in [5.74, 6) is -1.44. The topological polar surface area (TPSA) is 52.6 Å². The molecule has 0 aliphatic rings. The summed E-state index contributed by atoms with van der Waals surface area (Å²) in [5, 5.41) is 0.531. The zero-order valence-corrected chi connectivity index (χ0v) is 10.5. The predicted octanol–water partition coefficient (Wildman–Crippen LogP) is 3.41. The van der Waals surface area contributed by atoms with Crippen molar-refractivity contribution < 1.29 is 19.4 Å². The van der Waals surface area contributed by atoms with Crippen molar-refractivity contribution in [2.45, 2.75) is 19.8 Å². The van der Waals surface area contributed by atoms with E-state index in [4.69, 9.17) is 23.2 Å². The maximum atomic E-state index is 11.5. The lowest BCUT2D eigenvalue weighted by Gasteiger charge is -2.04. The van der Waals surface area contributed by atoms with Crippen LogP contribution in [0.1, 0.15) is 30.1 Å². The van der Waals surface area contributed by atoms with Crippen LogP contribution in [-0.4, -0.2) is 11.9 Å². The van der Waals surface area contributed by atoms with Gasteiger partial charge in [-0.2, -0.15) is 0 Å². The first-order valence-electron chi connectivity index (χ1n) is 4.91. The average Bonchev–Trinajstić information content (AvgIpc) is 2.26. The molecule has 0 aromatic heterocycles. The predicted molar refractivity (Wildman–Crippen MR) is 62.9 cm³/mol. The van der Waals surface area contributed by atoms with Gasteiger partial charge >= 0.3 is 11.9 Å². The smallest absolute Gasteiger partial charge is 0.247 e. The van der Waals surface area contributed by atoms with Crippen molar-refractivity contribution in [1.29, 1.82) is 0 Å². The Morgan fingerprint density at radius 1 is 1.24 bits per heavy atom. The van der Waals surface area contributed by atoms with E-state index in [2.05, 4.69) is 9.78 Å². The molecule has 4 nitrogen and oxygen atoms in total. The minimum Gasteiger partial charge on any atom is -0.247 e. The second-order valence-corrected chi connectivity index (χ2v) is 4.04. The van der Waals surface area contributed by atoms with Crippen LogP contribution in [0, 0.1) is 0 Å². The molecule has 0 amide bonds. The Morgan fingerprint density at radius 2 is 1.94 bits per heavy atom. The van der Waals surface area contributed by atoms with E-state index in [1.807, 2.05) is 0 Å². The third-order valence-electron chi connectivity index (χ3n) is 1.82. The number of carbonyl (C=O) groups is 2. The van der Waals surface area contributed by atoms with Gasteiger partial charge in [-0.25, -0.2) is 19.4 Å². The third-order valence-corrected chi connectivity index (χ3v) is 2.36. The molecule has 0 atom stereocenters. The largest absolute Gasteiger partial charge is 0.387 e. The summed E-state index contributed by atoms with van der Waals surface area (Å²) in [6.07, 6.45) is 0.791. The number of benzene rings is 1. The summed E-state index contributed by atoms with van der Waals surface area (Å²) in [5.41, 5.74) is 0.0837. The van der Waals surface area contributed by atoms with Crippen LogP contribution in [0.2, 0.25) is 10.0 Å². The van der Waals surface area contributed by atoms with E-state index < -0.39 is 11.9 Å². The fraction of sp³-hybridized carbons (Fsp3) is 0.273. The van der Waals surface area contributed by atoms with Gasteiger partial charge in [-0.05, 0) is 24.6 Å². The van der Waals surface area contributed by atoms with Crippen LogP contribution in [0.25, 0.3) is 0 Å². The van der Waals surface area contributed by atoms with E-state index >= 15 is 0 Å². The van der Waals surface area contributed by atoms with Crippen LogP contribution in [0.3, 0.4) is 0 Å². The minimum atomic E-state index is -0.837. The zero-order chi connectivity index (χ0) is 12.8. The average molecular weight is 277 g/mol. The molecule has 0 saturated heterocycles. The lowest BCUT2D eigenvalue weighted by Crippen LogP contribution is -2.11. The zero-order valence-electron chi connectivity index (χ0n) is 9.04. The molecule has 0 saturated carbocycles. The summed E-state index contributed by atoms with van der Waals surface area (Å²) >= 11 is 11.4. The lowest BCUT2D eigenvalue weighted by molar-refractivity contribution is -0.234. The number of hydrogen-bond acceptors (Lipinski definition) is 4. The van der Waals surface area contributed by atoms with Gasteiger partial charge in [0.25, 0.3) is 0 Å². The molecule has 0 heterocycles. The van der Waals surface area contributed by atoms with Gasteiger partial charge in [-0.3, -0.25) is 0 Å². The van der Waals surface area contributed by atoms with Crippen LogP contribution in [-0.2, 0) is 14.6 Å². The highest BCUT2D eigenvalue weighted by atomic mass is 35.5. The minimum absolute atomic E-state index is 0.0837. The van der Waals surface area contributed by atoms with Crippen LogP contribution >= 0.6 is 23.2 Å². The van der Waals surface area contributed by atoms with E-state index in [1.54, 1.807) is 6.92 Å². The molecular weight excluding hydrogens is 267 g/mol. The summed E-state index contributed by atoms with van der Waals surface area (Å²) < 4.78 is 0. The first kappa shape index (κ1) is 13.8. The van der Waals surface area contributed by atoms with Crippen molar-refractivity contribution in [3.8, 4) is 0 Å². The van der Waals surface area contributed by atoms with Crippen molar-refractivity contribution >= 4 is 35.1 Å². The molecule has 0 unspecified atom stereocenters. The van der Waals surface area contributed by atoms with E-state index in [1.165, 1.54) is 18.2 Å². The SMILES string of the molecule is CCCC(=O)OOC(=O)c1ccc(Cl)cc1Cl. The van der Waals surface area contributed by atoms with Gasteiger partial charge in [0.15, 0.2) is 0 Å². The van der Waals surface area contributed by atoms with Crippen molar-refractivity contribution in [3.05, 3.63) is 33.8 Å². The second-order valence-electron chi connectivity index (χ2n) is 3.20. The standard InChI is InChI=1S/C11H10Cl2O4/c1-2-3-10(14)16-17-11(15)8-5-4-7(12)6-9(8)13/h4-6H,2-3H2,1H3. The van der Waals surface area contributed by atoms with E-state index in [0.717, 1.165) is 0 Å². The third kappa shape index (κ3) is 4.24. The molecule has 1 rings (SSSR count). The van der Waals surface area contributed by atoms with Gasteiger partial charge in [0.05, 0.1) is 10.6 Å². The number of carbonyl (C=O) groups excluding carboxylic acids is 2. The number of hydrogen-bond donors (Lipinski definition) is 0. The molecule has 0 spiro atoms. The van der Waals surface area contributed by atoms with Crippen LogP contribution < -0.4 is 0 Å². The highest BCUT2D eigenvalue weighted by Crippen LogP contribution is 2.21. The van der Waals surface area contributed by atoms with E-state index in [9.17, 15) is 9.59 Å². The fourth-order valence-electron chi connectivity index (χ4n) is 1.03. The Kier molecular flexibility index (Phi) is 5.25. The normalized spacial score (nSPS) is 9.82. The molecule has 0 N–H and O–H groups in total. The highest BCUT2D eigenvalue weighted by molar-refractivity contribution is 6.36. The Bertz CT molecular complexity index is 431. The number of halogens is 2. The van der Waals surface area contributed by atoms with Gasteiger partial charge in [0.1, 0.15) is 0 Å². The fourth-order valence-corrected chi connectivity index (χ4v) is 1.52. The molecule has 1 aromatic rings. The van der Waals surface area contributed by atoms with Crippen molar-refractivity contribution in [3.63, 3.8) is 0 Å². The molecule has 92 valence electrons. The van der Waals surface area contributed by atoms with Crippen LogP contribution in [0.4, 0.5) is 0 Å². The number of rotatable bonds is 3. The van der Waals surface area contributed by atoms with Crippen LogP contribution in [0.5, 0.6) is 0 Å². The first-order valence-corrected chi connectivity index (χ1v) is 5.67. The summed E-state index contributed by atoms with van der Waals surface area (Å²) in [6, 6.07) is 4.27. The van der Waals surface area contributed by atoms with Gasteiger partial charge < -0.3 is 0 Å². The van der Waals surface area contributed by atoms with Gasteiger partial charge in [-0.1, -0.05) is 30.1 Å². The summed E-state index contributed by atoms with van der Waals surface area (Å²) in [6.45, 7) is 1.80. The molecule has 6 heteroatoms. The Labute approximate surface area is 108 Å². The van der Waals surface area contributed by atoms with Gasteiger partial charge in [0.2, 0.25) is 0 Å². The first-order chi connectivity index (χ1) is 8.04. The molecule has 0 radical (unpaired) electrons. The van der Waals surface area contributed by atoms with Crippen LogP contribution in [0.15, 0.2) is 18.2 Å². The summed E-state index contributed by atoms with van der Waals surface area (Å²) in [4.78, 5) is 31.1. The molecular formula is C11H10Cl2O4. The van der Waals surface area contributed by atoms with E-state index in [0.29, 0.717) is 11.4 Å². The molecule has 0 bridgehead atoms. The van der Waals surface area contributed by atoms with Crippen molar-refractivity contribution in [1.82, 2.24) is 0 Å². The Hall–Kier alpha value is -1.26. The van der Waals surface area contributed by atoms with E-state index in [-0.39, 0.29) is 17.0 Å². The molecule has 0 aliphatic carbocycles. The maximum Gasteiger partial charge on any atom is 0.387 e. The lowest BCUT2D eigenvalue weighted by atomic mass is 10.2. The summed E-state index contributed by atoms with van der Waals surface area (Å²) in [7, 11) is 0. The Balaban J connectivity index is 2.61. The molecule has 17 heavy (non-hydrogen) atoms. The Morgan fingerprint density at radius 3 is 2.53 bits per heavy atom. The quantitative estimate of drug-likeness (QED) is 0.627. The molecule has 0 fully saturated rings. The monoisotopic (exact) mass is 276 g/mol. The van der Waals surface area contributed by atoms with Crippen molar-refractivity contribution in [2.75, 3.05) is 0 Å². The van der Waals surface area contributed by atoms with Gasteiger partial charge in [0, 0.05) is 11.4 Å². The second kappa shape index (κ2) is 6.47. The molecule has 1 aromatic carbocycles. The van der Waals surface area contributed by atoms with Gasteiger partial charge in [-0.15, -0.1) is 0 Å². The highest BCUT2D eigenvalue weighted by Gasteiger charge is 2.15. The van der Waals surface area contributed by atoms with Crippen molar-refractivity contribution in [2.24, 2.45) is 0 Å².